The first kappa shape index (κ1) is 22.5. The summed E-state index contributed by atoms with van der Waals surface area (Å²) in [6.45, 7) is -0.0376. The molecule has 4 atom stereocenters. The number of ether oxygens (including phenoxy) is 1. The lowest BCUT2D eigenvalue weighted by atomic mass is 10.1. The Bertz CT molecular complexity index is 1420. The Labute approximate surface area is 196 Å². The molecule has 1 aromatic carbocycles. The molecule has 0 aliphatic carbocycles. The molecular weight excluding hydrogens is 460 g/mol. The molecule has 0 spiro atoms. The zero-order valence-corrected chi connectivity index (χ0v) is 18.1. The zero-order valence-electron chi connectivity index (χ0n) is 18.1. The van der Waals surface area contributed by atoms with Crippen LogP contribution in [-0.2, 0) is 14.3 Å². The fraction of sp³-hybridized carbons (Fsp3) is 0.286. The highest BCUT2D eigenvalue weighted by atomic mass is 16.6. The minimum atomic E-state index is -1.52. The van der Waals surface area contributed by atoms with Crippen molar-refractivity contribution in [2.75, 3.05) is 17.6 Å². The van der Waals surface area contributed by atoms with Gasteiger partial charge in [-0.25, -0.2) is 15.0 Å². The number of benzene rings is 1. The van der Waals surface area contributed by atoms with Gasteiger partial charge < -0.3 is 41.4 Å². The number of nitrogens with zero attached hydrogens (tertiary/aromatic N) is 4. The summed E-state index contributed by atoms with van der Waals surface area (Å²) in [7, 11) is 0. The largest absolute Gasteiger partial charge is 0.494 e. The van der Waals surface area contributed by atoms with Crippen molar-refractivity contribution in [3.8, 4) is 5.88 Å². The molecule has 0 saturated carbocycles. The predicted octanol–water partition coefficient (Wildman–Crippen LogP) is -0.640. The predicted molar refractivity (Wildman–Crippen MR) is 122 cm³/mol. The molecule has 4 unspecified atom stereocenters. The Hall–Kier alpha value is -4.27. The molecule has 0 bridgehead atoms. The van der Waals surface area contributed by atoms with E-state index in [1.54, 1.807) is 24.4 Å². The number of aliphatic hydroxyl groups excluding tert-OH is 2. The molecule has 1 aliphatic heterocycles. The number of H-pyrrole nitrogens is 1. The quantitative estimate of drug-likeness (QED) is 0.184. The van der Waals surface area contributed by atoms with E-state index in [9.17, 15) is 24.9 Å². The van der Waals surface area contributed by atoms with Gasteiger partial charge in [-0.3, -0.25) is 14.2 Å². The molecule has 4 heterocycles. The fourth-order valence-corrected chi connectivity index (χ4v) is 4.03. The van der Waals surface area contributed by atoms with Crippen molar-refractivity contribution >= 4 is 45.3 Å². The Morgan fingerprint density at radius 2 is 2.00 bits per heavy atom. The van der Waals surface area contributed by atoms with E-state index in [1.807, 2.05) is 0 Å². The number of anilines is 2. The molecule has 1 fully saturated rings. The van der Waals surface area contributed by atoms with Crippen molar-refractivity contribution in [2.24, 2.45) is 0 Å². The monoisotopic (exact) mass is 482 g/mol. The summed E-state index contributed by atoms with van der Waals surface area (Å²) in [5.41, 5.74) is 6.85. The number of aromatic nitrogens is 5. The number of aliphatic hydroxyl groups is 2. The third-order valence-electron chi connectivity index (χ3n) is 5.80. The van der Waals surface area contributed by atoms with Crippen LogP contribution in [0.1, 0.15) is 12.6 Å². The van der Waals surface area contributed by atoms with Crippen LogP contribution >= 0.6 is 0 Å². The standard InChI is InChI=1S/C21H22N8O6/c22-17-13-18(26-7-25-17)29(8-27-13)21-15(32)14(31)16(35-21)20(34)23-5-4-12(30)28-11-3-1-2-9-10(11)6-24-19(9)33/h1-3,6-8,14-16,21,24,31-33H,4-5H2,(H,23,34)(H,28,30)(H2,22,25,26). The fourth-order valence-electron chi connectivity index (χ4n) is 4.03. The molecule has 5 rings (SSSR count). The zero-order chi connectivity index (χ0) is 24.7. The van der Waals surface area contributed by atoms with Crippen LogP contribution in [-0.4, -0.2) is 76.5 Å². The summed E-state index contributed by atoms with van der Waals surface area (Å²) >= 11 is 0. The number of rotatable bonds is 6. The average Bonchev–Trinajstić information content (AvgIpc) is 3.52. The van der Waals surface area contributed by atoms with Crippen molar-refractivity contribution in [1.29, 1.82) is 0 Å². The molecule has 3 aromatic heterocycles. The molecular formula is C21H22N8O6. The number of aromatic amines is 1. The summed E-state index contributed by atoms with van der Waals surface area (Å²) in [5.74, 6) is -0.924. The molecule has 14 heteroatoms. The van der Waals surface area contributed by atoms with Gasteiger partial charge in [-0.15, -0.1) is 0 Å². The van der Waals surface area contributed by atoms with Gasteiger partial charge in [0.2, 0.25) is 5.91 Å². The van der Waals surface area contributed by atoms with Crippen LogP contribution < -0.4 is 16.4 Å². The highest BCUT2D eigenvalue weighted by Crippen LogP contribution is 2.32. The van der Waals surface area contributed by atoms with E-state index in [-0.39, 0.29) is 36.2 Å². The van der Waals surface area contributed by atoms with Crippen LogP contribution in [0.3, 0.4) is 0 Å². The number of nitrogen functional groups attached to an aromatic ring is 1. The molecule has 0 radical (unpaired) electrons. The second-order valence-corrected chi connectivity index (χ2v) is 8.00. The number of hydrogen-bond donors (Lipinski definition) is 7. The maximum Gasteiger partial charge on any atom is 0.252 e. The Morgan fingerprint density at radius 1 is 1.17 bits per heavy atom. The van der Waals surface area contributed by atoms with E-state index in [0.717, 1.165) is 0 Å². The van der Waals surface area contributed by atoms with E-state index in [4.69, 9.17) is 10.5 Å². The lowest BCUT2D eigenvalue weighted by molar-refractivity contribution is -0.137. The van der Waals surface area contributed by atoms with Gasteiger partial charge in [-0.05, 0) is 12.1 Å². The SMILES string of the molecule is Nc1ncnc2c1ncn2C1OC(C(=O)NCCC(=O)Nc2cccc3c(O)[nH]cc23)C(O)C1O. The van der Waals surface area contributed by atoms with Gasteiger partial charge in [0.25, 0.3) is 5.91 Å². The maximum atomic E-state index is 12.6. The highest BCUT2D eigenvalue weighted by molar-refractivity contribution is 6.03. The van der Waals surface area contributed by atoms with Gasteiger partial charge in [0.1, 0.15) is 24.1 Å². The smallest absolute Gasteiger partial charge is 0.252 e. The number of carbonyl (C=O) groups excluding carboxylic acids is 2. The number of aromatic hydroxyl groups is 1. The van der Waals surface area contributed by atoms with Crippen LogP contribution in [0, 0.1) is 0 Å². The van der Waals surface area contributed by atoms with Crippen molar-refractivity contribution in [1.82, 2.24) is 29.8 Å². The molecule has 4 aromatic rings. The van der Waals surface area contributed by atoms with Gasteiger partial charge in [0, 0.05) is 29.9 Å². The van der Waals surface area contributed by atoms with Crippen LogP contribution in [0.4, 0.5) is 11.5 Å². The molecule has 1 aliphatic rings. The number of imidazole rings is 1. The Balaban J connectivity index is 1.19. The molecule has 35 heavy (non-hydrogen) atoms. The topological polar surface area (TPSA) is 214 Å². The third-order valence-corrected chi connectivity index (χ3v) is 5.80. The van der Waals surface area contributed by atoms with Crippen molar-refractivity contribution in [3.05, 3.63) is 37.1 Å². The molecule has 14 nitrogen and oxygen atoms in total. The lowest BCUT2D eigenvalue weighted by Crippen LogP contribution is -2.43. The van der Waals surface area contributed by atoms with Gasteiger partial charge >= 0.3 is 0 Å². The molecule has 182 valence electrons. The summed E-state index contributed by atoms with van der Waals surface area (Å²) in [6, 6.07) is 5.09. The molecule has 1 saturated heterocycles. The first-order chi connectivity index (χ1) is 16.8. The van der Waals surface area contributed by atoms with Crippen molar-refractivity contribution in [3.63, 3.8) is 0 Å². The maximum absolute atomic E-state index is 12.6. The summed E-state index contributed by atoms with van der Waals surface area (Å²) < 4.78 is 6.99. The van der Waals surface area contributed by atoms with E-state index >= 15 is 0 Å². The second-order valence-electron chi connectivity index (χ2n) is 8.00. The van der Waals surface area contributed by atoms with Gasteiger partial charge in [0.05, 0.1) is 12.0 Å². The lowest BCUT2D eigenvalue weighted by Gasteiger charge is -2.16. The first-order valence-electron chi connectivity index (χ1n) is 10.7. The van der Waals surface area contributed by atoms with Crippen LogP contribution in [0.5, 0.6) is 5.88 Å². The summed E-state index contributed by atoms with van der Waals surface area (Å²) in [5, 5.41) is 37.1. The molecule has 8 N–H and O–H groups in total. The highest BCUT2D eigenvalue weighted by Gasteiger charge is 2.47. The summed E-state index contributed by atoms with van der Waals surface area (Å²) in [6.07, 6.45) is -1.42. The number of nitrogens with two attached hydrogens (primary N) is 1. The van der Waals surface area contributed by atoms with E-state index in [0.29, 0.717) is 22.0 Å². The normalized spacial score (nSPS) is 22.0. The number of nitrogens with one attached hydrogen (secondary N) is 3. The van der Waals surface area contributed by atoms with Gasteiger partial charge in [-0.2, -0.15) is 0 Å². The van der Waals surface area contributed by atoms with E-state index in [1.165, 1.54) is 17.2 Å². The minimum absolute atomic E-state index is 0.00131. The molecule has 2 amide bonds. The van der Waals surface area contributed by atoms with Gasteiger partial charge in [0.15, 0.2) is 29.7 Å². The van der Waals surface area contributed by atoms with E-state index in [2.05, 4.69) is 30.6 Å². The average molecular weight is 482 g/mol. The third kappa shape index (κ3) is 3.99. The van der Waals surface area contributed by atoms with Crippen LogP contribution in [0.15, 0.2) is 37.1 Å². The Kier molecular flexibility index (Phi) is 5.68. The number of carbonyl (C=O) groups is 2. The summed E-state index contributed by atoms with van der Waals surface area (Å²) in [4.78, 5) is 39.7. The van der Waals surface area contributed by atoms with E-state index < -0.39 is 30.4 Å². The number of fused-ring (bicyclic) bond motifs is 2. The van der Waals surface area contributed by atoms with Crippen molar-refractivity contribution in [2.45, 2.75) is 31.0 Å². The number of hydrogen-bond acceptors (Lipinski definition) is 10. The first-order valence-corrected chi connectivity index (χ1v) is 10.7. The Morgan fingerprint density at radius 3 is 2.83 bits per heavy atom. The van der Waals surface area contributed by atoms with Crippen LogP contribution in [0.2, 0.25) is 0 Å². The van der Waals surface area contributed by atoms with Crippen molar-refractivity contribution < 1.29 is 29.6 Å². The van der Waals surface area contributed by atoms with Gasteiger partial charge in [-0.1, -0.05) is 6.07 Å². The second kappa shape index (κ2) is 8.83. The minimum Gasteiger partial charge on any atom is -0.494 e. The number of amides is 2. The van der Waals surface area contributed by atoms with Crippen LogP contribution in [0.25, 0.3) is 21.9 Å².